The summed E-state index contributed by atoms with van der Waals surface area (Å²) in [5, 5.41) is 15.9. The molecule has 2 aromatic heterocycles. The Morgan fingerprint density at radius 1 is 1.32 bits per heavy atom. The van der Waals surface area contributed by atoms with Gasteiger partial charge in [-0.2, -0.15) is 5.10 Å². The van der Waals surface area contributed by atoms with Gasteiger partial charge < -0.3 is 15.2 Å². The smallest absolute Gasteiger partial charge is 0.227 e. The fraction of sp³-hybridized carbons (Fsp3) is 0.235. The molecule has 130 valence electrons. The predicted octanol–water partition coefficient (Wildman–Crippen LogP) is 2.44. The van der Waals surface area contributed by atoms with Crippen LogP contribution in [-0.4, -0.2) is 38.1 Å². The molecule has 3 rings (SSSR count). The summed E-state index contributed by atoms with van der Waals surface area (Å²) in [6, 6.07) is 4.60. The number of aliphatic hydroxyl groups excluding tert-OH is 1. The Kier molecular flexibility index (Phi) is 4.90. The summed E-state index contributed by atoms with van der Waals surface area (Å²) in [7, 11) is 1.82. The first kappa shape index (κ1) is 16.8. The fourth-order valence-corrected chi connectivity index (χ4v) is 2.33. The quantitative estimate of drug-likeness (QED) is 0.715. The van der Waals surface area contributed by atoms with E-state index in [1.54, 1.807) is 29.3 Å². The Morgan fingerprint density at radius 3 is 2.84 bits per heavy atom. The van der Waals surface area contributed by atoms with Crippen LogP contribution in [0.2, 0.25) is 0 Å². The number of hydrogen-bond donors (Lipinski definition) is 2. The van der Waals surface area contributed by atoms with Crippen LogP contribution in [0.25, 0.3) is 11.3 Å². The Morgan fingerprint density at radius 2 is 2.16 bits per heavy atom. The number of nitrogens with one attached hydrogen (secondary N) is 1. The zero-order valence-corrected chi connectivity index (χ0v) is 13.9. The van der Waals surface area contributed by atoms with Gasteiger partial charge in [-0.15, -0.1) is 0 Å². The number of nitrogens with zero attached hydrogens (tertiary/aromatic N) is 4. The molecule has 0 saturated heterocycles. The van der Waals surface area contributed by atoms with Crippen LogP contribution in [0.5, 0.6) is 5.75 Å². The van der Waals surface area contributed by atoms with Gasteiger partial charge in [-0.3, -0.25) is 4.68 Å². The maximum atomic E-state index is 14.2. The molecule has 0 amide bonds. The van der Waals surface area contributed by atoms with E-state index in [1.165, 1.54) is 12.1 Å². The van der Waals surface area contributed by atoms with Crippen LogP contribution >= 0.6 is 0 Å². The Bertz CT molecular complexity index is 881. The van der Waals surface area contributed by atoms with E-state index in [1.807, 2.05) is 14.0 Å². The second-order valence-electron chi connectivity index (χ2n) is 5.47. The number of halogens is 1. The minimum atomic E-state index is -0.509. The van der Waals surface area contributed by atoms with E-state index in [0.29, 0.717) is 17.2 Å². The van der Waals surface area contributed by atoms with E-state index >= 15 is 0 Å². The summed E-state index contributed by atoms with van der Waals surface area (Å²) in [4.78, 5) is 8.72. The normalized spacial score (nSPS) is 10.7. The zero-order valence-electron chi connectivity index (χ0n) is 13.9. The molecule has 0 bridgehead atoms. The third kappa shape index (κ3) is 3.92. The van der Waals surface area contributed by atoms with Crippen LogP contribution in [0.3, 0.4) is 0 Å². The van der Waals surface area contributed by atoms with Crippen molar-refractivity contribution in [2.75, 3.05) is 18.5 Å². The molecule has 1 aromatic carbocycles. The standard InChI is InChI=1S/C17H18FN5O2/c1-11-8-19-17(21-13-9-20-23(2)10-13)22-16(11)12-3-4-15(14(18)7-12)25-6-5-24/h3-4,7-10,24H,5-6H2,1-2H3,(H,19,21,22). The van der Waals surface area contributed by atoms with E-state index < -0.39 is 5.82 Å². The average molecular weight is 343 g/mol. The van der Waals surface area contributed by atoms with Crippen LogP contribution in [-0.2, 0) is 7.05 Å². The maximum absolute atomic E-state index is 14.2. The first-order chi connectivity index (χ1) is 12.1. The SMILES string of the molecule is Cc1cnc(Nc2cnn(C)c2)nc1-c1ccc(OCCO)c(F)c1. The molecular weight excluding hydrogens is 325 g/mol. The summed E-state index contributed by atoms with van der Waals surface area (Å²) in [6.07, 6.45) is 5.14. The highest BCUT2D eigenvalue weighted by Gasteiger charge is 2.11. The van der Waals surface area contributed by atoms with Gasteiger partial charge in [-0.25, -0.2) is 14.4 Å². The van der Waals surface area contributed by atoms with Crippen molar-refractivity contribution in [3.05, 3.63) is 48.2 Å². The molecule has 0 spiro atoms. The molecule has 0 unspecified atom stereocenters. The predicted molar refractivity (Wildman–Crippen MR) is 91.2 cm³/mol. The highest BCUT2D eigenvalue weighted by molar-refractivity contribution is 5.65. The monoisotopic (exact) mass is 343 g/mol. The maximum Gasteiger partial charge on any atom is 0.227 e. The number of hydrogen-bond acceptors (Lipinski definition) is 6. The van der Waals surface area contributed by atoms with Crippen molar-refractivity contribution in [3.8, 4) is 17.0 Å². The van der Waals surface area contributed by atoms with E-state index in [4.69, 9.17) is 9.84 Å². The molecule has 2 heterocycles. The van der Waals surface area contributed by atoms with Crippen LogP contribution < -0.4 is 10.1 Å². The molecule has 0 saturated carbocycles. The molecule has 0 fully saturated rings. The average Bonchev–Trinajstić information content (AvgIpc) is 3.00. The molecule has 25 heavy (non-hydrogen) atoms. The Hall–Kier alpha value is -3.00. The van der Waals surface area contributed by atoms with Crippen molar-refractivity contribution in [1.82, 2.24) is 19.7 Å². The van der Waals surface area contributed by atoms with Gasteiger partial charge in [-0.1, -0.05) is 0 Å². The van der Waals surface area contributed by atoms with Crippen molar-refractivity contribution in [2.45, 2.75) is 6.92 Å². The van der Waals surface area contributed by atoms with Crippen LogP contribution in [0.1, 0.15) is 5.56 Å². The van der Waals surface area contributed by atoms with Crippen molar-refractivity contribution < 1.29 is 14.2 Å². The highest BCUT2D eigenvalue weighted by Crippen LogP contribution is 2.27. The van der Waals surface area contributed by atoms with Crippen LogP contribution in [0.4, 0.5) is 16.0 Å². The molecule has 0 aliphatic carbocycles. The number of rotatable bonds is 6. The lowest BCUT2D eigenvalue weighted by molar-refractivity contribution is 0.196. The summed E-state index contributed by atoms with van der Waals surface area (Å²) >= 11 is 0. The van der Waals surface area contributed by atoms with Crippen molar-refractivity contribution >= 4 is 11.6 Å². The van der Waals surface area contributed by atoms with Crippen LogP contribution in [0.15, 0.2) is 36.8 Å². The van der Waals surface area contributed by atoms with E-state index in [9.17, 15) is 4.39 Å². The third-order valence-electron chi connectivity index (χ3n) is 3.49. The van der Waals surface area contributed by atoms with Gasteiger partial charge in [0, 0.05) is 25.0 Å². The molecule has 0 radical (unpaired) electrons. The second-order valence-corrected chi connectivity index (χ2v) is 5.47. The number of anilines is 2. The van der Waals surface area contributed by atoms with Gasteiger partial charge in [0.05, 0.1) is 24.2 Å². The molecule has 7 nitrogen and oxygen atoms in total. The highest BCUT2D eigenvalue weighted by atomic mass is 19.1. The number of aliphatic hydroxyl groups is 1. The fourth-order valence-electron chi connectivity index (χ4n) is 2.33. The van der Waals surface area contributed by atoms with Gasteiger partial charge in [0.1, 0.15) is 6.61 Å². The largest absolute Gasteiger partial charge is 0.488 e. The van der Waals surface area contributed by atoms with Crippen molar-refractivity contribution in [1.29, 1.82) is 0 Å². The number of ether oxygens (including phenoxy) is 1. The number of aryl methyl sites for hydroxylation is 2. The minimum Gasteiger partial charge on any atom is -0.488 e. The van der Waals surface area contributed by atoms with Crippen molar-refractivity contribution in [3.63, 3.8) is 0 Å². The van der Waals surface area contributed by atoms with Gasteiger partial charge in [-0.05, 0) is 30.7 Å². The van der Waals surface area contributed by atoms with E-state index in [2.05, 4.69) is 20.4 Å². The summed E-state index contributed by atoms with van der Waals surface area (Å²) in [5.41, 5.74) is 2.81. The summed E-state index contributed by atoms with van der Waals surface area (Å²) in [5.74, 6) is -0.0152. The third-order valence-corrected chi connectivity index (χ3v) is 3.49. The summed E-state index contributed by atoms with van der Waals surface area (Å²) < 4.78 is 21.0. The van der Waals surface area contributed by atoms with E-state index in [-0.39, 0.29) is 19.0 Å². The molecule has 2 N–H and O–H groups in total. The Balaban J connectivity index is 1.88. The number of benzene rings is 1. The number of aromatic nitrogens is 4. The minimum absolute atomic E-state index is 0.0436. The molecule has 0 atom stereocenters. The lowest BCUT2D eigenvalue weighted by Gasteiger charge is -2.10. The van der Waals surface area contributed by atoms with Gasteiger partial charge >= 0.3 is 0 Å². The topological polar surface area (TPSA) is 85.1 Å². The second kappa shape index (κ2) is 7.27. The lowest BCUT2D eigenvalue weighted by atomic mass is 10.1. The molecule has 0 aliphatic heterocycles. The first-order valence-electron chi connectivity index (χ1n) is 7.69. The van der Waals surface area contributed by atoms with Gasteiger partial charge in [0.15, 0.2) is 11.6 Å². The summed E-state index contributed by atoms with van der Waals surface area (Å²) in [6.45, 7) is 1.73. The Labute approximate surface area is 144 Å². The molecule has 0 aliphatic rings. The molecule has 3 aromatic rings. The van der Waals surface area contributed by atoms with Gasteiger partial charge in [0.2, 0.25) is 5.95 Å². The van der Waals surface area contributed by atoms with Gasteiger partial charge in [0.25, 0.3) is 0 Å². The lowest BCUT2D eigenvalue weighted by Crippen LogP contribution is -2.03. The van der Waals surface area contributed by atoms with E-state index in [0.717, 1.165) is 11.3 Å². The first-order valence-corrected chi connectivity index (χ1v) is 7.69. The van der Waals surface area contributed by atoms with Crippen LogP contribution in [0, 0.1) is 12.7 Å². The van der Waals surface area contributed by atoms with Crippen molar-refractivity contribution in [2.24, 2.45) is 7.05 Å². The molecular formula is C17H18FN5O2. The zero-order chi connectivity index (χ0) is 17.8. The molecule has 8 heteroatoms.